The van der Waals surface area contributed by atoms with Gasteiger partial charge in [-0.05, 0) is 25.0 Å². The Bertz CT molecular complexity index is 1010. The molecule has 2 aromatic heterocycles. The minimum Gasteiger partial charge on any atom is -0.352 e. The molecule has 1 aliphatic rings. The van der Waals surface area contributed by atoms with E-state index in [-0.39, 0.29) is 18.9 Å². The fourth-order valence-corrected chi connectivity index (χ4v) is 2.82. The molecule has 3 rings (SSSR count). The lowest BCUT2D eigenvalue weighted by atomic mass is 9.96. The van der Waals surface area contributed by atoms with Crippen LogP contribution in [0.4, 0.5) is 4.79 Å². The summed E-state index contributed by atoms with van der Waals surface area (Å²) in [5.41, 5.74) is 0.735. The average Bonchev–Trinajstić information content (AvgIpc) is 2.63. The number of H-pyrrole nitrogens is 2. The average molecular weight is 370 g/mol. The molecule has 0 radical (unpaired) electrons. The van der Waals surface area contributed by atoms with Crippen LogP contribution in [0.25, 0.3) is 0 Å². The highest BCUT2D eigenvalue weighted by Gasteiger charge is 2.31. The van der Waals surface area contributed by atoms with E-state index in [2.05, 4.69) is 30.9 Å². The van der Waals surface area contributed by atoms with Crippen molar-refractivity contribution >= 4 is 11.9 Å². The maximum atomic E-state index is 12.7. The van der Waals surface area contributed by atoms with Crippen LogP contribution in [0.5, 0.6) is 0 Å². The van der Waals surface area contributed by atoms with Crippen LogP contribution in [0.3, 0.4) is 0 Å². The minimum absolute atomic E-state index is 0.179. The van der Waals surface area contributed by atoms with Gasteiger partial charge in [-0.1, -0.05) is 6.07 Å². The number of aromatic nitrogens is 3. The first-order valence-corrected chi connectivity index (χ1v) is 8.23. The Morgan fingerprint density at radius 3 is 2.81 bits per heavy atom. The van der Waals surface area contributed by atoms with Gasteiger partial charge in [0.05, 0.1) is 11.6 Å². The zero-order valence-electron chi connectivity index (χ0n) is 14.5. The highest BCUT2D eigenvalue weighted by atomic mass is 16.2. The number of amides is 3. The highest BCUT2D eigenvalue weighted by Crippen LogP contribution is 2.25. The first-order valence-electron chi connectivity index (χ1n) is 8.23. The number of aromatic amines is 2. The standard InChI is InChI=1S/C17H18N6O4/c1-9-12(13(22-17(27)21-9)10-3-2-5-18-7-10)15(25)19-6-4-11-8-20-16(26)23-14(11)24/h2-3,5,7-8,13H,4,6H2,1H3,(H,19,25)(H2,21,22,27)(H2,20,23,24,26)/t13-/m1/s1. The van der Waals surface area contributed by atoms with Gasteiger partial charge < -0.3 is 20.9 Å². The molecule has 10 heteroatoms. The maximum Gasteiger partial charge on any atom is 0.325 e. The summed E-state index contributed by atoms with van der Waals surface area (Å²) in [6.45, 7) is 1.82. The van der Waals surface area contributed by atoms with Crippen molar-refractivity contribution < 1.29 is 9.59 Å². The number of urea groups is 1. The summed E-state index contributed by atoms with van der Waals surface area (Å²) >= 11 is 0. The smallest absolute Gasteiger partial charge is 0.325 e. The fourth-order valence-electron chi connectivity index (χ4n) is 2.82. The SMILES string of the molecule is CC1=C(C(=O)NCCc2c[nH]c(=O)[nH]c2=O)[C@@H](c2cccnc2)NC(=O)N1. The van der Waals surface area contributed by atoms with Crippen molar-refractivity contribution in [3.63, 3.8) is 0 Å². The molecule has 10 nitrogen and oxygen atoms in total. The number of rotatable bonds is 5. The minimum atomic E-state index is -0.635. The summed E-state index contributed by atoms with van der Waals surface area (Å²) in [4.78, 5) is 55.8. The fraction of sp³-hybridized carbons (Fsp3) is 0.235. The molecule has 140 valence electrons. The van der Waals surface area contributed by atoms with Crippen molar-refractivity contribution in [2.75, 3.05) is 6.54 Å². The number of pyridine rings is 1. The zero-order valence-corrected chi connectivity index (χ0v) is 14.5. The Balaban J connectivity index is 1.74. The first kappa shape index (κ1) is 18.1. The molecule has 0 aliphatic carbocycles. The van der Waals surface area contributed by atoms with E-state index in [0.717, 1.165) is 0 Å². The lowest BCUT2D eigenvalue weighted by Crippen LogP contribution is -2.47. The highest BCUT2D eigenvalue weighted by molar-refractivity contribution is 5.98. The largest absolute Gasteiger partial charge is 0.352 e. The van der Waals surface area contributed by atoms with Gasteiger partial charge in [-0.2, -0.15) is 0 Å². The molecule has 2 aromatic rings. The zero-order chi connectivity index (χ0) is 19.4. The van der Waals surface area contributed by atoms with Crippen LogP contribution in [0.2, 0.25) is 0 Å². The van der Waals surface area contributed by atoms with Gasteiger partial charge in [0.25, 0.3) is 11.5 Å². The van der Waals surface area contributed by atoms with Gasteiger partial charge in [0.1, 0.15) is 0 Å². The van der Waals surface area contributed by atoms with Gasteiger partial charge in [-0.25, -0.2) is 9.59 Å². The number of carbonyl (C=O) groups is 2. The Hall–Kier alpha value is -3.69. The maximum absolute atomic E-state index is 12.7. The van der Waals surface area contributed by atoms with Crippen molar-refractivity contribution in [3.05, 3.63) is 74.0 Å². The Morgan fingerprint density at radius 1 is 1.30 bits per heavy atom. The molecule has 5 N–H and O–H groups in total. The van der Waals surface area contributed by atoms with Crippen LogP contribution in [-0.4, -0.2) is 33.4 Å². The second-order valence-electron chi connectivity index (χ2n) is 5.96. The van der Waals surface area contributed by atoms with E-state index in [1.807, 2.05) is 0 Å². The predicted octanol–water partition coefficient (Wildman–Crippen LogP) is -0.555. The third-order valence-electron chi connectivity index (χ3n) is 4.11. The monoisotopic (exact) mass is 370 g/mol. The van der Waals surface area contributed by atoms with E-state index in [9.17, 15) is 19.2 Å². The van der Waals surface area contributed by atoms with Crippen molar-refractivity contribution in [3.8, 4) is 0 Å². The molecule has 0 unspecified atom stereocenters. The molecule has 1 atom stereocenters. The quantitative estimate of drug-likeness (QED) is 0.478. The normalized spacial score (nSPS) is 16.5. The molecule has 1 aliphatic heterocycles. The van der Waals surface area contributed by atoms with Crippen molar-refractivity contribution in [2.24, 2.45) is 0 Å². The molecule has 0 spiro atoms. The number of hydrogen-bond acceptors (Lipinski definition) is 5. The molecule has 3 amide bonds. The summed E-state index contributed by atoms with van der Waals surface area (Å²) in [7, 11) is 0. The molecule has 0 fully saturated rings. The molecular weight excluding hydrogens is 352 g/mol. The molecule has 3 heterocycles. The molecule has 0 bridgehead atoms. The summed E-state index contributed by atoms with van der Waals surface area (Å²) in [6.07, 6.45) is 4.74. The third-order valence-corrected chi connectivity index (χ3v) is 4.11. The van der Waals surface area contributed by atoms with Gasteiger partial charge in [0.2, 0.25) is 0 Å². The van der Waals surface area contributed by atoms with Gasteiger partial charge in [-0.15, -0.1) is 0 Å². The number of nitrogens with zero attached hydrogens (tertiary/aromatic N) is 1. The van der Waals surface area contributed by atoms with Crippen molar-refractivity contribution in [2.45, 2.75) is 19.4 Å². The second kappa shape index (κ2) is 7.68. The van der Waals surface area contributed by atoms with Crippen LogP contribution in [-0.2, 0) is 11.2 Å². The first-order chi connectivity index (χ1) is 13.0. The summed E-state index contributed by atoms with van der Waals surface area (Å²) < 4.78 is 0. The van der Waals surface area contributed by atoms with E-state index >= 15 is 0 Å². The van der Waals surface area contributed by atoms with E-state index in [1.165, 1.54) is 6.20 Å². The summed E-state index contributed by atoms with van der Waals surface area (Å²) in [5, 5.41) is 8.04. The summed E-state index contributed by atoms with van der Waals surface area (Å²) in [5.74, 6) is -0.380. The van der Waals surface area contributed by atoms with E-state index in [4.69, 9.17) is 0 Å². The van der Waals surface area contributed by atoms with E-state index < -0.39 is 23.3 Å². The topological polar surface area (TPSA) is 149 Å². The summed E-state index contributed by atoms with van der Waals surface area (Å²) in [6, 6.07) is 2.45. The van der Waals surface area contributed by atoms with Crippen molar-refractivity contribution in [1.29, 1.82) is 0 Å². The van der Waals surface area contributed by atoms with Crippen LogP contribution >= 0.6 is 0 Å². The van der Waals surface area contributed by atoms with Crippen LogP contribution in [0.1, 0.15) is 24.1 Å². The van der Waals surface area contributed by atoms with Gasteiger partial charge in [0, 0.05) is 36.4 Å². The van der Waals surface area contributed by atoms with Gasteiger partial charge in [-0.3, -0.25) is 19.6 Å². The lowest BCUT2D eigenvalue weighted by molar-refractivity contribution is -0.117. The van der Waals surface area contributed by atoms with Crippen molar-refractivity contribution in [1.82, 2.24) is 30.9 Å². The number of carbonyl (C=O) groups excluding carboxylic acids is 2. The molecule has 27 heavy (non-hydrogen) atoms. The molecule has 0 saturated carbocycles. The van der Waals surface area contributed by atoms with Crippen LogP contribution in [0, 0.1) is 0 Å². The van der Waals surface area contributed by atoms with E-state index in [0.29, 0.717) is 22.4 Å². The third kappa shape index (κ3) is 4.11. The van der Waals surface area contributed by atoms with Crippen LogP contribution in [0.15, 0.2) is 51.6 Å². The number of nitrogens with one attached hydrogen (secondary N) is 5. The Labute approximate surface area is 153 Å². The molecule has 0 saturated heterocycles. The van der Waals surface area contributed by atoms with E-state index in [1.54, 1.807) is 31.5 Å². The number of allylic oxidation sites excluding steroid dienone is 1. The molecule has 0 aromatic carbocycles. The van der Waals surface area contributed by atoms with Gasteiger partial charge in [0.15, 0.2) is 0 Å². The Kier molecular flexibility index (Phi) is 5.15. The predicted molar refractivity (Wildman–Crippen MR) is 95.7 cm³/mol. The lowest BCUT2D eigenvalue weighted by Gasteiger charge is -2.28. The second-order valence-corrected chi connectivity index (χ2v) is 5.96. The Morgan fingerprint density at radius 2 is 2.11 bits per heavy atom. The molecular formula is C17H18N6O4. The number of hydrogen-bond donors (Lipinski definition) is 5. The van der Waals surface area contributed by atoms with Crippen LogP contribution < -0.4 is 27.2 Å². The van der Waals surface area contributed by atoms with Gasteiger partial charge >= 0.3 is 11.7 Å².